The molecule has 3 unspecified atom stereocenters. The Kier molecular flexibility index (Phi) is 6.12. The summed E-state index contributed by atoms with van der Waals surface area (Å²) in [5, 5.41) is 16.4. The Labute approximate surface area is 186 Å². The van der Waals surface area contributed by atoms with Crippen molar-refractivity contribution in [3.8, 4) is 0 Å². The Morgan fingerprint density at radius 3 is 2.87 bits per heavy atom. The van der Waals surface area contributed by atoms with Gasteiger partial charge in [-0.15, -0.1) is 0 Å². The second kappa shape index (κ2) is 8.67. The van der Waals surface area contributed by atoms with Crippen LogP contribution in [0.5, 0.6) is 0 Å². The number of nitrogens with one attached hydrogen (secondary N) is 2. The van der Waals surface area contributed by atoms with Gasteiger partial charge in [-0.05, 0) is 50.3 Å². The van der Waals surface area contributed by atoms with Crippen LogP contribution in [0.2, 0.25) is 5.02 Å². The number of nitrogens with zero attached hydrogens (tertiary/aromatic N) is 2. The van der Waals surface area contributed by atoms with Crippen molar-refractivity contribution in [3.05, 3.63) is 28.8 Å². The fourth-order valence-electron chi connectivity index (χ4n) is 4.88. The van der Waals surface area contributed by atoms with Crippen molar-refractivity contribution in [2.45, 2.75) is 50.7 Å². The zero-order valence-corrected chi connectivity index (χ0v) is 18.5. The van der Waals surface area contributed by atoms with Crippen molar-refractivity contribution in [2.75, 3.05) is 31.6 Å². The molecule has 3 heterocycles. The first kappa shape index (κ1) is 21.9. The molecule has 1 aromatic rings. The van der Waals surface area contributed by atoms with Crippen LogP contribution < -0.4 is 10.6 Å². The maximum atomic E-state index is 13.1. The molecule has 31 heavy (non-hydrogen) atoms. The molecular formula is C22H29ClN4O4. The van der Waals surface area contributed by atoms with E-state index >= 15 is 0 Å². The quantitative estimate of drug-likeness (QED) is 0.654. The van der Waals surface area contributed by atoms with Gasteiger partial charge in [0.05, 0.1) is 5.56 Å². The summed E-state index contributed by atoms with van der Waals surface area (Å²) in [6.07, 6.45) is 2.93. The number of hydrogen-bond acceptors (Lipinski definition) is 5. The third-order valence-corrected chi connectivity index (χ3v) is 6.97. The Morgan fingerprint density at radius 1 is 1.29 bits per heavy atom. The number of carbonyl (C=O) groups excluding carboxylic acids is 3. The van der Waals surface area contributed by atoms with Gasteiger partial charge in [0, 0.05) is 49.8 Å². The smallest absolute Gasteiger partial charge is 0.255 e. The minimum Gasteiger partial charge on any atom is -0.396 e. The second-order valence-corrected chi connectivity index (χ2v) is 9.28. The topological polar surface area (TPSA) is 102 Å². The van der Waals surface area contributed by atoms with Gasteiger partial charge >= 0.3 is 0 Å². The Balaban J connectivity index is 1.47. The fraction of sp³-hybridized carbons (Fsp3) is 0.591. The normalized spacial score (nSPS) is 27.3. The predicted octanol–water partition coefficient (Wildman–Crippen LogP) is 1.82. The van der Waals surface area contributed by atoms with Gasteiger partial charge in [0.25, 0.3) is 5.91 Å². The molecule has 8 nitrogen and oxygen atoms in total. The van der Waals surface area contributed by atoms with Crippen molar-refractivity contribution in [1.82, 2.24) is 15.1 Å². The molecule has 3 aliphatic heterocycles. The van der Waals surface area contributed by atoms with Crippen molar-refractivity contribution < 1.29 is 19.5 Å². The molecule has 1 aromatic carbocycles. The molecule has 9 heteroatoms. The van der Waals surface area contributed by atoms with Gasteiger partial charge in [-0.2, -0.15) is 0 Å². The highest BCUT2D eigenvalue weighted by molar-refractivity contribution is 6.31. The summed E-state index contributed by atoms with van der Waals surface area (Å²) in [6, 6.07) is 4.56. The first-order valence-corrected chi connectivity index (χ1v) is 11.3. The maximum Gasteiger partial charge on any atom is 0.255 e. The highest BCUT2D eigenvalue weighted by Gasteiger charge is 2.42. The average Bonchev–Trinajstić information content (AvgIpc) is 2.92. The van der Waals surface area contributed by atoms with Crippen LogP contribution in [0.15, 0.2) is 18.2 Å². The van der Waals surface area contributed by atoms with E-state index in [1.807, 2.05) is 0 Å². The van der Waals surface area contributed by atoms with Crippen LogP contribution in [0.3, 0.4) is 0 Å². The van der Waals surface area contributed by atoms with Gasteiger partial charge in [-0.25, -0.2) is 0 Å². The molecule has 0 radical (unpaired) electrons. The van der Waals surface area contributed by atoms with Gasteiger partial charge in [-0.1, -0.05) is 11.6 Å². The van der Waals surface area contributed by atoms with E-state index in [4.69, 9.17) is 11.6 Å². The van der Waals surface area contributed by atoms with Gasteiger partial charge in [0.15, 0.2) is 0 Å². The Bertz CT molecular complexity index is 894. The SMILES string of the molecule is CC(C(=O)N1CCCC(CO)C1)N1CCC2(CCC1=O)NC(=O)c1cc(Cl)ccc1N2. The minimum atomic E-state index is -0.738. The van der Waals surface area contributed by atoms with E-state index in [2.05, 4.69) is 10.6 Å². The van der Waals surface area contributed by atoms with Crippen LogP contribution in [0, 0.1) is 5.92 Å². The lowest BCUT2D eigenvalue weighted by Crippen LogP contribution is -2.58. The number of piperidine rings is 1. The molecule has 168 valence electrons. The monoisotopic (exact) mass is 448 g/mol. The van der Waals surface area contributed by atoms with Gasteiger partial charge in [-0.3, -0.25) is 14.4 Å². The van der Waals surface area contributed by atoms with Crippen LogP contribution in [0.4, 0.5) is 5.69 Å². The molecule has 3 aliphatic rings. The van der Waals surface area contributed by atoms with E-state index in [1.54, 1.807) is 34.9 Å². The molecule has 3 amide bonds. The number of amides is 3. The molecule has 3 N–H and O–H groups in total. The van der Waals surface area contributed by atoms with Gasteiger partial charge < -0.3 is 25.5 Å². The number of hydrogen-bond donors (Lipinski definition) is 3. The fourth-order valence-corrected chi connectivity index (χ4v) is 5.06. The van der Waals surface area contributed by atoms with Gasteiger partial charge in [0.2, 0.25) is 11.8 Å². The van der Waals surface area contributed by atoms with E-state index in [9.17, 15) is 19.5 Å². The summed E-state index contributed by atoms with van der Waals surface area (Å²) in [6.45, 7) is 3.39. The lowest BCUT2D eigenvalue weighted by molar-refractivity contribution is -0.146. The molecular weight excluding hydrogens is 420 g/mol. The van der Waals surface area contributed by atoms with Crippen LogP contribution in [0.25, 0.3) is 0 Å². The van der Waals surface area contributed by atoms with Crippen molar-refractivity contribution in [3.63, 3.8) is 0 Å². The largest absolute Gasteiger partial charge is 0.396 e. The van der Waals surface area contributed by atoms with E-state index in [0.717, 1.165) is 12.8 Å². The number of rotatable bonds is 3. The number of aliphatic hydroxyl groups excluding tert-OH is 1. The van der Waals surface area contributed by atoms with E-state index < -0.39 is 11.7 Å². The summed E-state index contributed by atoms with van der Waals surface area (Å²) < 4.78 is 0. The number of anilines is 1. The summed E-state index contributed by atoms with van der Waals surface area (Å²) in [5.41, 5.74) is 0.442. The van der Waals surface area contributed by atoms with Crippen LogP contribution in [-0.2, 0) is 9.59 Å². The molecule has 0 bridgehead atoms. The molecule has 0 saturated carbocycles. The van der Waals surface area contributed by atoms with Crippen molar-refractivity contribution in [2.24, 2.45) is 5.92 Å². The molecule has 0 aliphatic carbocycles. The zero-order valence-electron chi connectivity index (χ0n) is 17.7. The number of halogens is 1. The number of benzene rings is 1. The highest BCUT2D eigenvalue weighted by Crippen LogP contribution is 2.33. The standard InChI is InChI=1S/C22H29ClN4O4/c1-14(21(31)26-9-2-3-15(12-26)13-28)27-10-8-22(7-6-19(27)29)24-18-5-4-16(23)11-17(18)20(30)25-22/h4-5,11,14-15,24,28H,2-3,6-10,12-13H2,1H3,(H,25,30). The van der Waals surface area contributed by atoms with E-state index in [0.29, 0.717) is 48.7 Å². The van der Waals surface area contributed by atoms with Crippen LogP contribution >= 0.6 is 11.6 Å². The summed E-state index contributed by atoms with van der Waals surface area (Å²) in [4.78, 5) is 42.1. The molecule has 3 atom stereocenters. The highest BCUT2D eigenvalue weighted by atomic mass is 35.5. The lowest BCUT2D eigenvalue weighted by atomic mass is 9.95. The van der Waals surface area contributed by atoms with Crippen molar-refractivity contribution >= 4 is 35.0 Å². The summed E-state index contributed by atoms with van der Waals surface area (Å²) >= 11 is 6.02. The molecule has 1 spiro atoms. The second-order valence-electron chi connectivity index (χ2n) is 8.84. The maximum absolute atomic E-state index is 13.1. The van der Waals surface area contributed by atoms with E-state index in [-0.39, 0.29) is 36.7 Å². The molecule has 0 aromatic heterocycles. The first-order chi connectivity index (χ1) is 14.8. The number of aliphatic hydroxyl groups is 1. The van der Waals surface area contributed by atoms with E-state index in [1.165, 1.54) is 0 Å². The molecule has 2 fully saturated rings. The molecule has 4 rings (SSSR count). The number of fused-ring (bicyclic) bond motifs is 1. The third-order valence-electron chi connectivity index (χ3n) is 6.73. The minimum absolute atomic E-state index is 0.0708. The lowest BCUT2D eigenvalue weighted by Gasteiger charge is -2.40. The summed E-state index contributed by atoms with van der Waals surface area (Å²) in [7, 11) is 0. The van der Waals surface area contributed by atoms with Crippen LogP contribution in [-0.4, -0.2) is 70.6 Å². The molecule has 2 saturated heterocycles. The Morgan fingerprint density at radius 2 is 2.10 bits per heavy atom. The average molecular weight is 449 g/mol. The number of likely N-dealkylation sites (tertiary alicyclic amines) is 2. The number of carbonyl (C=O) groups is 3. The van der Waals surface area contributed by atoms with Gasteiger partial charge in [0.1, 0.15) is 11.7 Å². The summed E-state index contributed by atoms with van der Waals surface area (Å²) in [5.74, 6) is -0.290. The predicted molar refractivity (Wildman–Crippen MR) is 117 cm³/mol. The Hall–Kier alpha value is -2.32. The van der Waals surface area contributed by atoms with Crippen LogP contribution in [0.1, 0.15) is 49.4 Å². The van der Waals surface area contributed by atoms with Crippen molar-refractivity contribution in [1.29, 1.82) is 0 Å². The third kappa shape index (κ3) is 4.36. The zero-order chi connectivity index (χ0) is 22.2. The first-order valence-electron chi connectivity index (χ1n) is 10.9.